The highest BCUT2D eigenvalue weighted by atomic mass is 16.5. The van der Waals surface area contributed by atoms with E-state index >= 15 is 0 Å². The number of piperidine rings is 1. The van der Waals surface area contributed by atoms with Crippen LogP contribution in [0.25, 0.3) is 0 Å². The van der Waals surface area contributed by atoms with Crippen molar-refractivity contribution in [2.24, 2.45) is 0 Å². The van der Waals surface area contributed by atoms with Crippen LogP contribution in [0.1, 0.15) is 36.8 Å². The molecule has 3 heterocycles. The fourth-order valence-electron chi connectivity index (χ4n) is 4.41. The van der Waals surface area contributed by atoms with Gasteiger partial charge in [0.05, 0.1) is 25.7 Å². The van der Waals surface area contributed by atoms with Gasteiger partial charge in [0.25, 0.3) is 0 Å². The van der Waals surface area contributed by atoms with Gasteiger partial charge < -0.3 is 19.1 Å². The Labute approximate surface area is 178 Å². The van der Waals surface area contributed by atoms with Crippen LogP contribution in [0.4, 0.5) is 0 Å². The zero-order chi connectivity index (χ0) is 21.0. The SMILES string of the molecule is COc1cccc(CC(=O)N2CCC3(CC2)CC(Oc2cc(C)ccn2)CCO3)c1. The number of carbonyl (C=O) groups excluding carboxylic acids is 1. The molecule has 1 amide bonds. The molecule has 2 fully saturated rings. The first-order valence-electron chi connectivity index (χ1n) is 10.7. The summed E-state index contributed by atoms with van der Waals surface area (Å²) in [6.07, 6.45) is 5.70. The van der Waals surface area contributed by atoms with Crippen LogP contribution in [0.15, 0.2) is 42.6 Å². The van der Waals surface area contributed by atoms with Crippen LogP contribution in [0.2, 0.25) is 0 Å². The minimum absolute atomic E-state index is 0.104. The summed E-state index contributed by atoms with van der Waals surface area (Å²) in [5, 5.41) is 0. The van der Waals surface area contributed by atoms with Gasteiger partial charge in [0.2, 0.25) is 11.8 Å². The number of hydrogen-bond acceptors (Lipinski definition) is 5. The molecular formula is C24H30N2O4. The molecule has 0 saturated carbocycles. The second-order valence-electron chi connectivity index (χ2n) is 8.34. The molecule has 0 N–H and O–H groups in total. The third-order valence-electron chi connectivity index (χ3n) is 6.14. The molecule has 1 atom stereocenters. The van der Waals surface area contributed by atoms with E-state index in [0.717, 1.165) is 55.6 Å². The van der Waals surface area contributed by atoms with E-state index in [-0.39, 0.29) is 17.6 Å². The van der Waals surface area contributed by atoms with Gasteiger partial charge >= 0.3 is 0 Å². The standard InChI is InChI=1S/C24H30N2O4/c1-18-6-10-25-22(14-18)30-21-7-13-29-24(17-21)8-11-26(12-9-24)23(27)16-19-4-3-5-20(15-19)28-2/h3-6,10,14-15,21H,7-9,11-13,16-17H2,1-2H3. The Kier molecular flexibility index (Phi) is 6.23. The molecule has 0 bridgehead atoms. The minimum Gasteiger partial charge on any atom is -0.497 e. The van der Waals surface area contributed by atoms with E-state index in [1.54, 1.807) is 13.3 Å². The van der Waals surface area contributed by atoms with Crippen molar-refractivity contribution < 1.29 is 19.0 Å². The average Bonchev–Trinajstić information content (AvgIpc) is 2.74. The predicted molar refractivity (Wildman–Crippen MR) is 114 cm³/mol. The van der Waals surface area contributed by atoms with Gasteiger partial charge in [-0.3, -0.25) is 4.79 Å². The van der Waals surface area contributed by atoms with Gasteiger partial charge in [-0.25, -0.2) is 4.98 Å². The Hall–Kier alpha value is -2.60. The minimum atomic E-state index is -0.195. The topological polar surface area (TPSA) is 60.9 Å². The molecule has 6 heteroatoms. The first-order chi connectivity index (χ1) is 14.5. The van der Waals surface area contributed by atoms with Crippen molar-refractivity contribution in [3.63, 3.8) is 0 Å². The monoisotopic (exact) mass is 410 g/mol. The molecule has 1 spiro atoms. The van der Waals surface area contributed by atoms with E-state index in [2.05, 4.69) is 4.98 Å². The molecule has 1 unspecified atom stereocenters. The molecule has 0 radical (unpaired) electrons. The lowest BCUT2D eigenvalue weighted by Gasteiger charge is -2.46. The maximum absolute atomic E-state index is 12.8. The summed E-state index contributed by atoms with van der Waals surface area (Å²) in [7, 11) is 1.64. The number of likely N-dealkylation sites (tertiary alicyclic amines) is 1. The van der Waals surface area contributed by atoms with E-state index in [1.165, 1.54) is 0 Å². The summed E-state index contributed by atoms with van der Waals surface area (Å²) in [6.45, 7) is 4.17. The number of amides is 1. The van der Waals surface area contributed by atoms with Crippen molar-refractivity contribution in [3.05, 3.63) is 53.7 Å². The summed E-state index contributed by atoms with van der Waals surface area (Å²) >= 11 is 0. The molecule has 2 aliphatic rings. The molecule has 30 heavy (non-hydrogen) atoms. The van der Waals surface area contributed by atoms with Crippen LogP contribution in [0.3, 0.4) is 0 Å². The molecule has 2 aliphatic heterocycles. The number of carbonyl (C=O) groups is 1. The van der Waals surface area contributed by atoms with Crippen LogP contribution >= 0.6 is 0 Å². The molecule has 160 valence electrons. The molecular weight excluding hydrogens is 380 g/mol. The Balaban J connectivity index is 1.32. The summed E-state index contributed by atoms with van der Waals surface area (Å²) in [4.78, 5) is 19.1. The number of aryl methyl sites for hydroxylation is 1. The summed E-state index contributed by atoms with van der Waals surface area (Å²) in [5.74, 6) is 1.62. The maximum atomic E-state index is 12.8. The van der Waals surface area contributed by atoms with E-state index in [4.69, 9.17) is 14.2 Å². The summed E-state index contributed by atoms with van der Waals surface area (Å²) in [6, 6.07) is 11.7. The lowest BCUT2D eigenvalue weighted by atomic mass is 9.83. The van der Waals surface area contributed by atoms with Gasteiger partial charge in [0.15, 0.2) is 0 Å². The largest absolute Gasteiger partial charge is 0.497 e. The van der Waals surface area contributed by atoms with Crippen LogP contribution < -0.4 is 9.47 Å². The Morgan fingerprint density at radius 2 is 2.10 bits per heavy atom. The van der Waals surface area contributed by atoms with Gasteiger partial charge in [-0.15, -0.1) is 0 Å². The Morgan fingerprint density at radius 3 is 2.87 bits per heavy atom. The average molecular weight is 411 g/mol. The smallest absolute Gasteiger partial charge is 0.226 e. The van der Waals surface area contributed by atoms with Gasteiger partial charge in [-0.2, -0.15) is 0 Å². The lowest BCUT2D eigenvalue weighted by molar-refractivity contribution is -0.151. The number of pyridine rings is 1. The number of ether oxygens (including phenoxy) is 3. The second kappa shape index (κ2) is 9.04. The third-order valence-corrected chi connectivity index (χ3v) is 6.14. The van der Waals surface area contributed by atoms with Gasteiger partial charge in [-0.05, 0) is 49.1 Å². The van der Waals surface area contributed by atoms with Gasteiger partial charge in [-0.1, -0.05) is 12.1 Å². The summed E-state index contributed by atoms with van der Waals surface area (Å²) in [5.41, 5.74) is 1.93. The highest BCUT2D eigenvalue weighted by molar-refractivity contribution is 5.79. The van der Waals surface area contributed by atoms with Gasteiger partial charge in [0, 0.05) is 38.2 Å². The number of rotatable bonds is 5. The zero-order valence-electron chi connectivity index (χ0n) is 17.8. The van der Waals surface area contributed by atoms with Crippen LogP contribution in [-0.4, -0.2) is 54.3 Å². The molecule has 4 rings (SSSR count). The van der Waals surface area contributed by atoms with Gasteiger partial charge in [0.1, 0.15) is 11.9 Å². The van der Waals surface area contributed by atoms with Crippen LogP contribution in [0, 0.1) is 6.92 Å². The highest BCUT2D eigenvalue weighted by Crippen LogP contribution is 2.36. The molecule has 2 saturated heterocycles. The lowest BCUT2D eigenvalue weighted by Crippen LogP contribution is -2.52. The van der Waals surface area contributed by atoms with Crippen LogP contribution in [-0.2, 0) is 16.0 Å². The fourth-order valence-corrected chi connectivity index (χ4v) is 4.41. The number of aromatic nitrogens is 1. The maximum Gasteiger partial charge on any atom is 0.226 e. The van der Waals surface area contributed by atoms with E-state index in [9.17, 15) is 4.79 Å². The fraction of sp³-hybridized carbons (Fsp3) is 0.500. The highest BCUT2D eigenvalue weighted by Gasteiger charge is 2.42. The Morgan fingerprint density at radius 1 is 1.27 bits per heavy atom. The van der Waals surface area contributed by atoms with Crippen molar-refractivity contribution in [1.82, 2.24) is 9.88 Å². The summed E-state index contributed by atoms with van der Waals surface area (Å²) < 4.78 is 17.6. The molecule has 1 aromatic heterocycles. The van der Waals surface area contributed by atoms with Crippen molar-refractivity contribution >= 4 is 5.91 Å². The third kappa shape index (κ3) is 4.93. The van der Waals surface area contributed by atoms with Crippen molar-refractivity contribution in [3.8, 4) is 11.6 Å². The normalized spacial score (nSPS) is 20.7. The Bertz CT molecular complexity index is 877. The van der Waals surface area contributed by atoms with Crippen molar-refractivity contribution in [2.75, 3.05) is 26.8 Å². The predicted octanol–water partition coefficient (Wildman–Crippen LogP) is 3.56. The van der Waals surface area contributed by atoms with E-state index in [0.29, 0.717) is 18.9 Å². The van der Waals surface area contributed by atoms with E-state index in [1.807, 2.05) is 48.2 Å². The number of methoxy groups -OCH3 is 1. The first-order valence-corrected chi connectivity index (χ1v) is 10.7. The molecule has 6 nitrogen and oxygen atoms in total. The molecule has 0 aliphatic carbocycles. The molecule has 1 aromatic carbocycles. The zero-order valence-corrected chi connectivity index (χ0v) is 17.8. The second-order valence-corrected chi connectivity index (χ2v) is 8.34. The quantitative estimate of drug-likeness (QED) is 0.754. The molecule has 2 aromatic rings. The van der Waals surface area contributed by atoms with Crippen molar-refractivity contribution in [1.29, 1.82) is 0 Å². The number of hydrogen-bond donors (Lipinski definition) is 0. The first kappa shape index (κ1) is 20.7. The van der Waals surface area contributed by atoms with Crippen molar-refractivity contribution in [2.45, 2.75) is 50.7 Å². The number of benzene rings is 1. The van der Waals surface area contributed by atoms with E-state index < -0.39 is 0 Å². The van der Waals surface area contributed by atoms with Crippen LogP contribution in [0.5, 0.6) is 11.6 Å². The number of nitrogens with zero attached hydrogens (tertiary/aromatic N) is 2.